The fraction of sp³-hybridized carbons (Fsp3) is 0.235. The number of hydrogen-bond donors (Lipinski definition) is 1. The molecule has 124 valence electrons. The summed E-state index contributed by atoms with van der Waals surface area (Å²) in [6.45, 7) is 2.20. The van der Waals surface area contributed by atoms with Gasteiger partial charge < -0.3 is 15.0 Å². The van der Waals surface area contributed by atoms with Gasteiger partial charge in [0.05, 0.1) is 24.5 Å². The van der Waals surface area contributed by atoms with Crippen molar-refractivity contribution in [1.82, 2.24) is 9.88 Å². The van der Waals surface area contributed by atoms with Crippen LogP contribution < -0.4 is 5.32 Å². The molecule has 2 aromatic rings. The lowest BCUT2D eigenvalue weighted by atomic mass is 10.1. The molecule has 7 heteroatoms. The number of aromatic nitrogens is 1. The van der Waals surface area contributed by atoms with E-state index in [2.05, 4.69) is 10.3 Å². The molecule has 2 heterocycles. The van der Waals surface area contributed by atoms with Crippen molar-refractivity contribution in [3.8, 4) is 0 Å². The molecule has 2 amide bonds. The van der Waals surface area contributed by atoms with Crippen LogP contribution in [0.1, 0.15) is 15.4 Å². The zero-order valence-electron chi connectivity index (χ0n) is 13.0. The van der Waals surface area contributed by atoms with Crippen LogP contribution in [-0.2, 0) is 9.53 Å². The quantitative estimate of drug-likeness (QED) is 0.865. The van der Waals surface area contributed by atoms with Crippen molar-refractivity contribution in [1.29, 1.82) is 0 Å². The third-order valence-electron chi connectivity index (χ3n) is 3.54. The normalized spacial score (nSPS) is 14.8. The zero-order valence-corrected chi connectivity index (χ0v) is 13.8. The van der Waals surface area contributed by atoms with Crippen LogP contribution in [0.5, 0.6) is 0 Å². The van der Waals surface area contributed by atoms with Gasteiger partial charge in [0.25, 0.3) is 5.91 Å². The largest absolute Gasteiger partial charge is 0.378 e. The number of amides is 2. The lowest BCUT2D eigenvalue weighted by Gasteiger charge is -2.27. The molecular weight excluding hydrogens is 326 g/mol. The summed E-state index contributed by atoms with van der Waals surface area (Å²) >= 11 is 1.45. The molecule has 1 aromatic carbocycles. The maximum atomic E-state index is 12.6. The number of anilines is 1. The van der Waals surface area contributed by atoms with Gasteiger partial charge in [-0.15, -0.1) is 11.3 Å². The van der Waals surface area contributed by atoms with Gasteiger partial charge >= 0.3 is 0 Å². The molecule has 1 N–H and O–H groups in total. The third kappa shape index (κ3) is 4.06. The minimum absolute atomic E-state index is 0.0990. The maximum Gasteiger partial charge on any atom is 0.256 e. The van der Waals surface area contributed by atoms with E-state index in [-0.39, 0.29) is 11.8 Å². The number of benzene rings is 1. The highest BCUT2D eigenvalue weighted by molar-refractivity contribution is 7.10. The first-order chi connectivity index (χ1) is 11.7. The van der Waals surface area contributed by atoms with Crippen molar-refractivity contribution in [2.45, 2.75) is 0 Å². The minimum atomic E-state index is -0.299. The molecule has 3 rings (SSSR count). The van der Waals surface area contributed by atoms with E-state index < -0.39 is 0 Å². The van der Waals surface area contributed by atoms with Crippen molar-refractivity contribution in [2.24, 2.45) is 0 Å². The van der Waals surface area contributed by atoms with Gasteiger partial charge in [-0.05, 0) is 18.2 Å². The van der Waals surface area contributed by atoms with Crippen LogP contribution in [0.4, 0.5) is 5.69 Å². The zero-order chi connectivity index (χ0) is 16.8. The first-order valence-corrected chi connectivity index (χ1v) is 8.46. The number of carbonyl (C=O) groups is 2. The standard InChI is InChI=1S/C17H17N3O3S/c21-15(5-6-16-18-7-12-24-16)19-14-4-2-1-3-13(14)17(22)20-8-10-23-11-9-20/h1-7,12H,8-11H2,(H,19,21)/b6-5+. The maximum absolute atomic E-state index is 12.6. The third-order valence-corrected chi connectivity index (χ3v) is 4.28. The van der Waals surface area contributed by atoms with Crippen LogP contribution in [-0.4, -0.2) is 48.0 Å². The molecule has 1 saturated heterocycles. The van der Waals surface area contributed by atoms with Gasteiger partial charge in [-0.1, -0.05) is 12.1 Å². The van der Waals surface area contributed by atoms with Crippen LogP contribution in [0.3, 0.4) is 0 Å². The summed E-state index contributed by atoms with van der Waals surface area (Å²) in [6, 6.07) is 7.02. The van der Waals surface area contributed by atoms with E-state index in [1.807, 2.05) is 5.38 Å². The average Bonchev–Trinajstić information content (AvgIpc) is 3.14. The summed E-state index contributed by atoms with van der Waals surface area (Å²) in [7, 11) is 0. The van der Waals surface area contributed by atoms with E-state index in [0.29, 0.717) is 37.6 Å². The second-order valence-electron chi connectivity index (χ2n) is 5.14. The molecular formula is C17H17N3O3S. The Morgan fingerprint density at radius 1 is 1.25 bits per heavy atom. The predicted molar refractivity (Wildman–Crippen MR) is 92.9 cm³/mol. The van der Waals surface area contributed by atoms with Crippen molar-refractivity contribution in [3.05, 3.63) is 52.5 Å². The van der Waals surface area contributed by atoms with Crippen LogP contribution in [0.2, 0.25) is 0 Å². The molecule has 0 atom stereocenters. The van der Waals surface area contributed by atoms with Crippen LogP contribution in [0.15, 0.2) is 41.9 Å². The molecule has 6 nitrogen and oxygen atoms in total. The van der Waals surface area contributed by atoms with E-state index in [1.54, 1.807) is 41.4 Å². The van der Waals surface area contributed by atoms with Gasteiger partial charge in [-0.2, -0.15) is 0 Å². The molecule has 24 heavy (non-hydrogen) atoms. The molecule has 0 aliphatic carbocycles. The summed E-state index contributed by atoms with van der Waals surface area (Å²) in [5, 5.41) is 5.36. The van der Waals surface area contributed by atoms with Crippen LogP contribution >= 0.6 is 11.3 Å². The Morgan fingerprint density at radius 2 is 2.04 bits per heavy atom. The summed E-state index contributed by atoms with van der Waals surface area (Å²) in [5.41, 5.74) is 0.984. The Balaban J connectivity index is 1.71. The van der Waals surface area contributed by atoms with E-state index in [9.17, 15) is 9.59 Å². The van der Waals surface area contributed by atoms with E-state index in [1.165, 1.54) is 17.4 Å². The van der Waals surface area contributed by atoms with Gasteiger partial charge in [-0.25, -0.2) is 4.98 Å². The number of nitrogens with zero attached hydrogens (tertiary/aromatic N) is 2. The second-order valence-corrected chi connectivity index (χ2v) is 6.07. The van der Waals surface area contributed by atoms with Gasteiger partial charge in [0.1, 0.15) is 5.01 Å². The smallest absolute Gasteiger partial charge is 0.256 e. The Bertz CT molecular complexity index is 737. The SMILES string of the molecule is O=C(/C=C/c1nccs1)Nc1ccccc1C(=O)N1CCOCC1. The molecule has 0 spiro atoms. The fourth-order valence-corrected chi connectivity index (χ4v) is 2.88. The number of nitrogens with one attached hydrogen (secondary N) is 1. The van der Waals surface area contributed by atoms with Gasteiger partial charge in [0.2, 0.25) is 5.91 Å². The summed E-state index contributed by atoms with van der Waals surface area (Å²) in [4.78, 5) is 30.5. The highest BCUT2D eigenvalue weighted by atomic mass is 32.1. The van der Waals surface area contributed by atoms with Crippen molar-refractivity contribution in [3.63, 3.8) is 0 Å². The van der Waals surface area contributed by atoms with Crippen LogP contribution in [0.25, 0.3) is 6.08 Å². The van der Waals surface area contributed by atoms with Crippen molar-refractivity contribution < 1.29 is 14.3 Å². The van der Waals surface area contributed by atoms with Gasteiger partial charge in [0, 0.05) is 30.7 Å². The average molecular weight is 343 g/mol. The second kappa shape index (κ2) is 7.85. The van der Waals surface area contributed by atoms with Gasteiger partial charge in [0.15, 0.2) is 0 Å². The monoisotopic (exact) mass is 343 g/mol. The number of carbonyl (C=O) groups excluding carboxylic acids is 2. The lowest BCUT2D eigenvalue weighted by Crippen LogP contribution is -2.41. The van der Waals surface area contributed by atoms with Gasteiger partial charge in [-0.3, -0.25) is 9.59 Å². The molecule has 0 bridgehead atoms. The van der Waals surface area contributed by atoms with Crippen molar-refractivity contribution in [2.75, 3.05) is 31.6 Å². The molecule has 0 saturated carbocycles. The topological polar surface area (TPSA) is 71.5 Å². The van der Waals surface area contributed by atoms with E-state index in [0.717, 1.165) is 5.01 Å². The summed E-state index contributed by atoms with van der Waals surface area (Å²) in [5.74, 6) is -0.398. The number of morpholine rings is 1. The molecule has 0 radical (unpaired) electrons. The fourth-order valence-electron chi connectivity index (χ4n) is 2.35. The molecule has 1 aliphatic rings. The minimum Gasteiger partial charge on any atom is -0.378 e. The molecule has 1 aromatic heterocycles. The van der Waals surface area contributed by atoms with E-state index in [4.69, 9.17) is 4.74 Å². The Morgan fingerprint density at radius 3 is 2.79 bits per heavy atom. The van der Waals surface area contributed by atoms with Crippen molar-refractivity contribution >= 4 is 34.9 Å². The highest BCUT2D eigenvalue weighted by Gasteiger charge is 2.21. The number of para-hydroxylation sites is 1. The summed E-state index contributed by atoms with van der Waals surface area (Å²) < 4.78 is 5.27. The number of rotatable bonds is 4. The highest BCUT2D eigenvalue weighted by Crippen LogP contribution is 2.18. The Hall–Kier alpha value is -2.51. The molecule has 1 fully saturated rings. The number of hydrogen-bond acceptors (Lipinski definition) is 5. The summed E-state index contributed by atoms with van der Waals surface area (Å²) in [6.07, 6.45) is 4.74. The molecule has 1 aliphatic heterocycles. The van der Waals surface area contributed by atoms with Crippen LogP contribution in [0, 0.1) is 0 Å². The lowest BCUT2D eigenvalue weighted by molar-refractivity contribution is -0.111. The first kappa shape index (κ1) is 16.4. The predicted octanol–water partition coefficient (Wildman–Crippen LogP) is 2.27. The Kier molecular flexibility index (Phi) is 5.35. The number of thiazole rings is 1. The Labute approximate surface area is 143 Å². The molecule has 0 unspecified atom stereocenters. The first-order valence-electron chi connectivity index (χ1n) is 7.58. The van der Waals surface area contributed by atoms with E-state index >= 15 is 0 Å². The number of ether oxygens (including phenoxy) is 1.